The van der Waals surface area contributed by atoms with Gasteiger partial charge >= 0.3 is 6.03 Å². The fourth-order valence-electron chi connectivity index (χ4n) is 5.21. The molecule has 4 rings (SSSR count). The number of carbonyl (C=O) groups excluding carboxylic acids is 3. The Kier molecular flexibility index (Phi) is 5.64. The molecule has 2 aliphatic heterocycles. The lowest BCUT2D eigenvalue weighted by Crippen LogP contribution is -2.51. The van der Waals surface area contributed by atoms with Gasteiger partial charge in [0.2, 0.25) is 5.91 Å². The average Bonchev–Trinajstić information content (AvgIpc) is 3.32. The van der Waals surface area contributed by atoms with Crippen LogP contribution >= 0.6 is 11.3 Å². The highest BCUT2D eigenvalue weighted by atomic mass is 32.1. The van der Waals surface area contributed by atoms with Gasteiger partial charge in [-0.1, -0.05) is 20.8 Å². The van der Waals surface area contributed by atoms with Crippen LogP contribution in [0.1, 0.15) is 70.2 Å². The molecule has 30 heavy (non-hydrogen) atoms. The van der Waals surface area contributed by atoms with Gasteiger partial charge in [-0.05, 0) is 49.9 Å². The second kappa shape index (κ2) is 7.94. The van der Waals surface area contributed by atoms with Crippen LogP contribution in [0.5, 0.6) is 0 Å². The molecule has 0 aromatic carbocycles. The number of hydrogen-bond acceptors (Lipinski definition) is 5. The number of likely N-dealkylation sites (tertiary alicyclic amines) is 1. The summed E-state index contributed by atoms with van der Waals surface area (Å²) in [5, 5.41) is 5.95. The molecular weight excluding hydrogens is 400 g/mol. The van der Waals surface area contributed by atoms with Gasteiger partial charge in [-0.2, -0.15) is 0 Å². The molecule has 4 amide bonds. The van der Waals surface area contributed by atoms with Gasteiger partial charge in [-0.15, -0.1) is 11.3 Å². The van der Waals surface area contributed by atoms with E-state index in [1.165, 1.54) is 0 Å². The van der Waals surface area contributed by atoms with Crippen LogP contribution in [0.25, 0.3) is 0 Å². The van der Waals surface area contributed by atoms with Gasteiger partial charge in [-0.25, -0.2) is 9.78 Å². The highest BCUT2D eigenvalue weighted by Crippen LogP contribution is 2.43. The van der Waals surface area contributed by atoms with E-state index >= 15 is 0 Å². The smallest absolute Gasteiger partial charge is 0.325 e. The molecule has 1 unspecified atom stereocenters. The molecule has 8 heteroatoms. The molecule has 2 saturated heterocycles. The van der Waals surface area contributed by atoms with Gasteiger partial charge in [0.15, 0.2) is 0 Å². The summed E-state index contributed by atoms with van der Waals surface area (Å²) >= 11 is 1.62. The van der Waals surface area contributed by atoms with Crippen molar-refractivity contribution in [1.29, 1.82) is 0 Å². The van der Waals surface area contributed by atoms with Crippen LogP contribution < -0.4 is 5.32 Å². The van der Waals surface area contributed by atoms with Crippen LogP contribution in [0.4, 0.5) is 4.79 Å². The zero-order valence-corrected chi connectivity index (χ0v) is 19.0. The minimum Gasteiger partial charge on any atom is -0.340 e. The lowest BCUT2D eigenvalue weighted by Gasteiger charge is -2.40. The minimum atomic E-state index is -0.815. The number of piperidine rings is 1. The van der Waals surface area contributed by atoms with Crippen LogP contribution in [0.2, 0.25) is 0 Å². The predicted molar refractivity (Wildman–Crippen MR) is 115 cm³/mol. The van der Waals surface area contributed by atoms with Crippen molar-refractivity contribution in [2.75, 3.05) is 19.6 Å². The zero-order valence-electron chi connectivity index (χ0n) is 18.1. The maximum Gasteiger partial charge on any atom is 0.325 e. The Morgan fingerprint density at radius 1 is 1.27 bits per heavy atom. The fourth-order valence-corrected chi connectivity index (χ4v) is 5.98. The van der Waals surface area contributed by atoms with Crippen molar-refractivity contribution in [2.45, 2.75) is 70.8 Å². The highest BCUT2D eigenvalue weighted by Gasteiger charge is 2.53. The maximum atomic E-state index is 13.2. The van der Waals surface area contributed by atoms with E-state index in [4.69, 9.17) is 0 Å². The molecule has 3 heterocycles. The summed E-state index contributed by atoms with van der Waals surface area (Å²) in [5.74, 6) is 0.409. The minimum absolute atomic E-state index is 0.153. The van der Waals surface area contributed by atoms with E-state index < -0.39 is 11.6 Å². The molecule has 1 spiro atoms. The Hall–Kier alpha value is -1.96. The zero-order chi connectivity index (χ0) is 21.5. The number of thiazole rings is 1. The van der Waals surface area contributed by atoms with Crippen molar-refractivity contribution < 1.29 is 14.4 Å². The molecule has 7 nitrogen and oxygen atoms in total. The summed E-state index contributed by atoms with van der Waals surface area (Å²) in [6.45, 7) is 7.80. The Morgan fingerprint density at radius 2 is 2.00 bits per heavy atom. The molecule has 1 aliphatic carbocycles. The summed E-state index contributed by atoms with van der Waals surface area (Å²) in [6.07, 6.45) is 6.85. The van der Waals surface area contributed by atoms with Crippen LogP contribution in [0, 0.1) is 11.3 Å². The standard InChI is InChI=1S/C22H32N4O3S/c1-21(2,3)16-6-8-22(9-7-16)19(28)26(20(29)24-22)14-17(27)25-11-4-5-15(13-25)18-23-10-12-30-18/h10,12,15-16H,4-9,11,13-14H2,1-3H3,(H,24,29). The number of hydrogen-bond donors (Lipinski definition) is 1. The quantitative estimate of drug-likeness (QED) is 0.743. The van der Waals surface area contributed by atoms with Gasteiger partial charge < -0.3 is 10.2 Å². The second-order valence-electron chi connectivity index (χ2n) is 10.1. The van der Waals surface area contributed by atoms with E-state index in [9.17, 15) is 14.4 Å². The molecule has 0 radical (unpaired) electrons. The largest absolute Gasteiger partial charge is 0.340 e. The first-order valence-corrected chi connectivity index (χ1v) is 11.9. The average molecular weight is 433 g/mol. The molecule has 0 bridgehead atoms. The van der Waals surface area contributed by atoms with Crippen molar-refractivity contribution >= 4 is 29.2 Å². The SMILES string of the molecule is CC(C)(C)C1CCC2(CC1)NC(=O)N(CC(=O)N1CCCC(c3nccs3)C1)C2=O. The third-order valence-corrected chi connectivity index (χ3v) is 8.12. The maximum absolute atomic E-state index is 13.2. The molecule has 1 atom stereocenters. The van der Waals surface area contributed by atoms with E-state index in [0.29, 0.717) is 31.8 Å². The van der Waals surface area contributed by atoms with Gasteiger partial charge in [0.1, 0.15) is 12.1 Å². The first-order chi connectivity index (χ1) is 14.2. The number of carbonyl (C=O) groups is 3. The summed E-state index contributed by atoms with van der Waals surface area (Å²) in [6, 6.07) is -0.420. The fraction of sp³-hybridized carbons (Fsp3) is 0.727. The molecular formula is C22H32N4O3S. The van der Waals surface area contributed by atoms with Gasteiger partial charge in [-0.3, -0.25) is 14.5 Å². The lowest BCUT2D eigenvalue weighted by atomic mass is 9.67. The second-order valence-corrected chi connectivity index (χ2v) is 11.0. The molecule has 1 aromatic rings. The topological polar surface area (TPSA) is 82.6 Å². The Labute approximate surface area is 182 Å². The number of aromatic nitrogens is 1. The van der Waals surface area contributed by atoms with E-state index in [1.54, 1.807) is 22.4 Å². The van der Waals surface area contributed by atoms with Gasteiger partial charge in [0.05, 0.1) is 5.01 Å². The molecule has 164 valence electrons. The summed E-state index contributed by atoms with van der Waals surface area (Å²) in [4.78, 5) is 46.1. The van der Waals surface area contributed by atoms with E-state index in [2.05, 4.69) is 31.1 Å². The highest BCUT2D eigenvalue weighted by molar-refractivity contribution is 7.09. The summed E-state index contributed by atoms with van der Waals surface area (Å²) in [7, 11) is 0. The monoisotopic (exact) mass is 432 g/mol. The number of nitrogens with zero attached hydrogens (tertiary/aromatic N) is 3. The van der Waals surface area contributed by atoms with Crippen LogP contribution in [0.3, 0.4) is 0 Å². The normalized spacial score (nSPS) is 30.1. The van der Waals surface area contributed by atoms with E-state index in [-0.39, 0.29) is 29.7 Å². The van der Waals surface area contributed by atoms with Crippen LogP contribution in [0.15, 0.2) is 11.6 Å². The van der Waals surface area contributed by atoms with Crippen LogP contribution in [-0.2, 0) is 9.59 Å². The number of nitrogens with one attached hydrogen (secondary N) is 1. The van der Waals surface area contributed by atoms with Gasteiger partial charge in [0, 0.05) is 30.6 Å². The Bertz CT molecular complexity index is 809. The molecule has 1 saturated carbocycles. The molecule has 1 N–H and O–H groups in total. The van der Waals surface area contributed by atoms with E-state index in [0.717, 1.165) is 35.6 Å². The molecule has 3 aliphatic rings. The van der Waals surface area contributed by atoms with Gasteiger partial charge in [0.25, 0.3) is 5.91 Å². The number of imide groups is 1. The third-order valence-electron chi connectivity index (χ3n) is 7.18. The molecule has 3 fully saturated rings. The van der Waals surface area contributed by atoms with Crippen LogP contribution in [-0.4, -0.2) is 57.8 Å². The Morgan fingerprint density at radius 3 is 2.63 bits per heavy atom. The lowest BCUT2D eigenvalue weighted by molar-refractivity contribution is -0.140. The first-order valence-electron chi connectivity index (χ1n) is 11.0. The van der Waals surface area contributed by atoms with Crippen molar-refractivity contribution in [3.8, 4) is 0 Å². The summed E-state index contributed by atoms with van der Waals surface area (Å²) < 4.78 is 0. The number of rotatable bonds is 3. The third kappa shape index (κ3) is 3.98. The van der Waals surface area contributed by atoms with Crippen molar-refractivity contribution in [3.63, 3.8) is 0 Å². The number of amides is 4. The number of urea groups is 1. The summed E-state index contributed by atoms with van der Waals surface area (Å²) in [5.41, 5.74) is -0.615. The molecule has 1 aromatic heterocycles. The van der Waals surface area contributed by atoms with E-state index in [1.807, 2.05) is 5.38 Å². The first kappa shape index (κ1) is 21.3. The van der Waals surface area contributed by atoms with Crippen molar-refractivity contribution in [1.82, 2.24) is 20.1 Å². The Balaban J connectivity index is 1.38. The predicted octanol–water partition coefficient (Wildman–Crippen LogP) is 3.38. The van der Waals surface area contributed by atoms with Crippen molar-refractivity contribution in [3.05, 3.63) is 16.6 Å². The van der Waals surface area contributed by atoms with Crippen molar-refractivity contribution in [2.24, 2.45) is 11.3 Å².